The van der Waals surface area contributed by atoms with Gasteiger partial charge in [0.1, 0.15) is 0 Å². The zero-order chi connectivity index (χ0) is 19.5. The summed E-state index contributed by atoms with van der Waals surface area (Å²) in [7, 11) is 0. The molecular weight excluding hydrogens is 352 g/mol. The summed E-state index contributed by atoms with van der Waals surface area (Å²) < 4.78 is 1.67. The Morgan fingerprint density at radius 3 is 2.50 bits per heavy atom. The first-order valence-corrected chi connectivity index (χ1v) is 9.78. The molecule has 0 atom stereocenters. The number of anilines is 1. The number of pyridine rings is 1. The summed E-state index contributed by atoms with van der Waals surface area (Å²) in [5.41, 5.74) is 2.73. The first-order valence-electron chi connectivity index (χ1n) is 9.78. The molecule has 2 amide bonds. The number of carbonyl (C=O) groups excluding carboxylic acids is 2. The van der Waals surface area contributed by atoms with E-state index in [-0.39, 0.29) is 23.7 Å². The number of carbonyl (C=O) groups is 2. The van der Waals surface area contributed by atoms with Crippen molar-refractivity contribution in [3.8, 4) is 0 Å². The Morgan fingerprint density at radius 1 is 1.00 bits per heavy atom. The summed E-state index contributed by atoms with van der Waals surface area (Å²) in [6.07, 6.45) is 7.25. The van der Waals surface area contributed by atoms with Crippen molar-refractivity contribution in [2.24, 2.45) is 0 Å². The van der Waals surface area contributed by atoms with E-state index >= 15 is 0 Å². The third kappa shape index (κ3) is 3.76. The molecular formula is C22H24N4O2. The van der Waals surface area contributed by atoms with Gasteiger partial charge in [-0.05, 0) is 44.0 Å². The first kappa shape index (κ1) is 18.2. The lowest BCUT2D eigenvalue weighted by molar-refractivity contribution is 0.0925. The second-order valence-corrected chi connectivity index (χ2v) is 7.37. The number of nitrogens with one attached hydrogen (secondary N) is 2. The summed E-state index contributed by atoms with van der Waals surface area (Å²) in [5.74, 6) is -0.364. The maximum atomic E-state index is 12.8. The van der Waals surface area contributed by atoms with Crippen molar-refractivity contribution in [2.75, 3.05) is 5.32 Å². The van der Waals surface area contributed by atoms with Crippen molar-refractivity contribution >= 4 is 23.0 Å². The van der Waals surface area contributed by atoms with E-state index in [1.165, 1.54) is 6.42 Å². The van der Waals surface area contributed by atoms with Gasteiger partial charge in [0.2, 0.25) is 5.82 Å². The van der Waals surface area contributed by atoms with E-state index in [9.17, 15) is 9.59 Å². The smallest absolute Gasteiger partial charge is 0.292 e. The summed E-state index contributed by atoms with van der Waals surface area (Å²) in [4.78, 5) is 30.1. The van der Waals surface area contributed by atoms with Gasteiger partial charge >= 0.3 is 0 Å². The van der Waals surface area contributed by atoms with Gasteiger partial charge in [-0.15, -0.1) is 0 Å². The van der Waals surface area contributed by atoms with Crippen LogP contribution in [0.2, 0.25) is 0 Å². The normalized spacial score (nSPS) is 14.8. The number of fused-ring (bicyclic) bond motifs is 1. The van der Waals surface area contributed by atoms with Gasteiger partial charge in [-0.3, -0.25) is 14.0 Å². The van der Waals surface area contributed by atoms with Crippen LogP contribution in [0, 0.1) is 6.92 Å². The topological polar surface area (TPSA) is 75.5 Å². The molecule has 1 fully saturated rings. The fourth-order valence-electron chi connectivity index (χ4n) is 3.69. The van der Waals surface area contributed by atoms with Crippen LogP contribution < -0.4 is 10.6 Å². The van der Waals surface area contributed by atoms with Crippen LogP contribution in [0.4, 0.5) is 5.69 Å². The van der Waals surface area contributed by atoms with Gasteiger partial charge in [-0.25, -0.2) is 4.98 Å². The highest BCUT2D eigenvalue weighted by molar-refractivity contribution is 6.06. The number of hydrogen-bond donors (Lipinski definition) is 2. The van der Waals surface area contributed by atoms with Crippen LogP contribution in [0.5, 0.6) is 0 Å². The first-order chi connectivity index (χ1) is 13.6. The fourth-order valence-corrected chi connectivity index (χ4v) is 3.69. The Balaban J connectivity index is 1.61. The van der Waals surface area contributed by atoms with Crippen molar-refractivity contribution in [1.82, 2.24) is 14.7 Å². The maximum absolute atomic E-state index is 12.8. The molecule has 1 aromatic carbocycles. The molecule has 2 N–H and O–H groups in total. The van der Waals surface area contributed by atoms with Gasteiger partial charge in [0.15, 0.2) is 5.69 Å². The highest BCUT2D eigenvalue weighted by Crippen LogP contribution is 2.20. The van der Waals surface area contributed by atoms with Crippen LogP contribution in [0.15, 0.2) is 48.7 Å². The molecule has 0 radical (unpaired) electrons. The van der Waals surface area contributed by atoms with E-state index in [1.54, 1.807) is 10.6 Å². The second kappa shape index (κ2) is 7.84. The summed E-state index contributed by atoms with van der Waals surface area (Å²) in [5, 5.41) is 5.95. The third-order valence-corrected chi connectivity index (χ3v) is 5.22. The minimum atomic E-state index is -0.346. The van der Waals surface area contributed by atoms with Crippen molar-refractivity contribution in [3.05, 3.63) is 65.7 Å². The van der Waals surface area contributed by atoms with Crippen molar-refractivity contribution in [2.45, 2.75) is 45.1 Å². The molecule has 0 bridgehead atoms. The van der Waals surface area contributed by atoms with Crippen LogP contribution in [0.1, 0.15) is 58.8 Å². The molecule has 2 heterocycles. The van der Waals surface area contributed by atoms with E-state index in [1.807, 2.05) is 49.4 Å². The Hall–Kier alpha value is -3.15. The van der Waals surface area contributed by atoms with Crippen LogP contribution >= 0.6 is 0 Å². The number of rotatable bonds is 4. The number of aromatic nitrogens is 2. The van der Waals surface area contributed by atoms with Crippen molar-refractivity contribution in [3.63, 3.8) is 0 Å². The molecule has 6 nitrogen and oxygen atoms in total. The monoisotopic (exact) mass is 376 g/mol. The maximum Gasteiger partial charge on any atom is 0.292 e. The average molecular weight is 376 g/mol. The Bertz CT molecular complexity index is 1000. The molecule has 0 saturated heterocycles. The Morgan fingerprint density at radius 2 is 1.75 bits per heavy atom. The zero-order valence-corrected chi connectivity index (χ0v) is 15.9. The van der Waals surface area contributed by atoms with E-state index in [2.05, 4.69) is 15.6 Å². The molecule has 3 aromatic rings. The number of amides is 2. The molecule has 2 aromatic heterocycles. The number of aryl methyl sites for hydroxylation is 1. The van der Waals surface area contributed by atoms with Crippen LogP contribution in [0.3, 0.4) is 0 Å². The summed E-state index contributed by atoms with van der Waals surface area (Å²) in [6.45, 7) is 1.99. The summed E-state index contributed by atoms with van der Waals surface area (Å²) >= 11 is 0. The lowest BCUT2D eigenvalue weighted by Gasteiger charge is -2.22. The number of hydrogen-bond acceptors (Lipinski definition) is 3. The van der Waals surface area contributed by atoms with Gasteiger partial charge in [0.05, 0.1) is 5.52 Å². The highest BCUT2D eigenvalue weighted by atomic mass is 16.2. The Kier molecular flexibility index (Phi) is 5.10. The molecule has 1 aliphatic carbocycles. The van der Waals surface area contributed by atoms with E-state index in [0.717, 1.165) is 31.2 Å². The van der Waals surface area contributed by atoms with E-state index in [0.29, 0.717) is 16.9 Å². The molecule has 1 saturated carbocycles. The predicted molar refractivity (Wildman–Crippen MR) is 109 cm³/mol. The molecule has 6 heteroatoms. The molecule has 144 valence electrons. The fraction of sp³-hybridized carbons (Fsp3) is 0.318. The third-order valence-electron chi connectivity index (χ3n) is 5.22. The predicted octanol–water partition coefficient (Wildman–Crippen LogP) is 3.96. The number of benzene rings is 1. The number of nitrogens with zero attached hydrogens (tertiary/aromatic N) is 2. The summed E-state index contributed by atoms with van der Waals surface area (Å²) in [6, 6.07) is 13.2. The molecule has 0 aliphatic heterocycles. The van der Waals surface area contributed by atoms with Gasteiger partial charge < -0.3 is 10.6 Å². The largest absolute Gasteiger partial charge is 0.348 e. The molecule has 28 heavy (non-hydrogen) atoms. The van der Waals surface area contributed by atoms with Crippen molar-refractivity contribution < 1.29 is 9.59 Å². The average Bonchev–Trinajstić information content (AvgIpc) is 3.10. The minimum Gasteiger partial charge on any atom is -0.348 e. The van der Waals surface area contributed by atoms with Crippen LogP contribution in [-0.4, -0.2) is 27.2 Å². The quantitative estimate of drug-likeness (QED) is 0.724. The lowest BCUT2D eigenvalue weighted by Crippen LogP contribution is -2.36. The highest BCUT2D eigenvalue weighted by Gasteiger charge is 2.24. The van der Waals surface area contributed by atoms with Crippen LogP contribution in [0.25, 0.3) is 5.52 Å². The van der Waals surface area contributed by atoms with Crippen LogP contribution in [-0.2, 0) is 0 Å². The standard InChI is InChI=1S/C22H24N4O2/c1-15-10-12-17(13-11-15)24-22(28)20-25-19(18-9-5-6-14-26(18)20)21(27)23-16-7-3-2-4-8-16/h5-6,9-14,16H,2-4,7-8H2,1H3,(H,23,27)(H,24,28). The van der Waals surface area contributed by atoms with Gasteiger partial charge in [0, 0.05) is 17.9 Å². The van der Waals surface area contributed by atoms with Gasteiger partial charge in [0.25, 0.3) is 11.8 Å². The zero-order valence-electron chi connectivity index (χ0n) is 15.9. The van der Waals surface area contributed by atoms with Gasteiger partial charge in [-0.1, -0.05) is 43.0 Å². The number of imidazole rings is 1. The SMILES string of the molecule is Cc1ccc(NC(=O)c2nc(C(=O)NC3CCCCC3)c3ccccn23)cc1. The molecule has 0 unspecified atom stereocenters. The second-order valence-electron chi connectivity index (χ2n) is 7.37. The van der Waals surface area contributed by atoms with Gasteiger partial charge in [-0.2, -0.15) is 0 Å². The molecule has 0 spiro atoms. The van der Waals surface area contributed by atoms with Crippen molar-refractivity contribution in [1.29, 1.82) is 0 Å². The molecule has 4 rings (SSSR count). The Labute approximate surface area is 164 Å². The molecule has 1 aliphatic rings. The minimum absolute atomic E-state index is 0.187. The van der Waals surface area contributed by atoms with E-state index < -0.39 is 0 Å². The lowest BCUT2D eigenvalue weighted by atomic mass is 9.95. The van der Waals surface area contributed by atoms with E-state index in [4.69, 9.17) is 0 Å².